The van der Waals surface area contributed by atoms with E-state index in [-0.39, 0.29) is 31.8 Å². The first-order valence-corrected chi connectivity index (χ1v) is 15.2. The molecular formula is C32H48O8. The molecule has 0 aromatic rings. The Morgan fingerprint density at radius 3 is 2.17 bits per heavy atom. The van der Waals surface area contributed by atoms with Crippen molar-refractivity contribution in [1.82, 2.24) is 0 Å². The molecule has 2 fully saturated rings. The number of fused-ring (bicyclic) bond motifs is 5. The average Bonchev–Trinajstić information content (AvgIpc) is 3.32. The van der Waals surface area contributed by atoms with Gasteiger partial charge in [-0.05, 0) is 30.9 Å². The van der Waals surface area contributed by atoms with Gasteiger partial charge < -0.3 is 24.8 Å². The van der Waals surface area contributed by atoms with Crippen molar-refractivity contribution in [3.63, 3.8) is 0 Å². The lowest BCUT2D eigenvalue weighted by Crippen LogP contribution is -2.66. The van der Waals surface area contributed by atoms with Gasteiger partial charge in [0.1, 0.15) is 11.7 Å². The Balaban J connectivity index is 1.82. The highest BCUT2D eigenvalue weighted by Crippen LogP contribution is 2.77. The highest BCUT2D eigenvalue weighted by Gasteiger charge is 2.87. The highest BCUT2D eigenvalue weighted by atomic mass is 16.6. The van der Waals surface area contributed by atoms with Crippen molar-refractivity contribution in [2.75, 3.05) is 6.61 Å². The van der Waals surface area contributed by atoms with E-state index in [4.69, 9.17) is 9.47 Å². The average molecular weight is 561 g/mol. The number of carbonyl (C=O) groups excluding carboxylic acids is 3. The van der Waals surface area contributed by atoms with E-state index in [9.17, 15) is 29.7 Å². The van der Waals surface area contributed by atoms with Gasteiger partial charge in [-0.25, -0.2) is 0 Å². The second-order valence-corrected chi connectivity index (χ2v) is 13.2. The number of unbranched alkanes of at least 4 members (excludes halogenated alkanes) is 4. The Hall–Kier alpha value is -2.03. The lowest BCUT2D eigenvalue weighted by atomic mass is 9.59. The number of esters is 2. The second kappa shape index (κ2) is 11.0. The van der Waals surface area contributed by atoms with Crippen LogP contribution in [-0.2, 0) is 23.9 Å². The largest absolute Gasteiger partial charge is 0.458 e. The number of ether oxygens (including phenoxy) is 2. The third-order valence-electron chi connectivity index (χ3n) is 10.5. The number of hydrogen-bond donors (Lipinski definition) is 3. The molecule has 224 valence electrons. The zero-order valence-corrected chi connectivity index (χ0v) is 25.0. The summed E-state index contributed by atoms with van der Waals surface area (Å²) < 4.78 is 12.5. The number of aliphatic hydroxyl groups excluding tert-OH is 1. The lowest BCUT2D eigenvalue weighted by Gasteiger charge is -2.53. The SMILES string of the molecule is CCCCCC(=O)O[C@@H]1[C@@H](C)[C@@]2(O)[C@@H](C=C(CO)C[C@]3(O)C(=O)C(C)=C[C@@H]23)[C@@H]2C(C)(C)[C@]12OC(=O)CCCCC. The van der Waals surface area contributed by atoms with Crippen LogP contribution in [0.25, 0.3) is 0 Å². The first-order chi connectivity index (χ1) is 18.8. The van der Waals surface area contributed by atoms with Crippen LogP contribution in [0.3, 0.4) is 0 Å². The number of rotatable bonds is 11. The molecule has 0 unspecified atom stereocenters. The van der Waals surface area contributed by atoms with Crippen molar-refractivity contribution in [3.8, 4) is 0 Å². The smallest absolute Gasteiger partial charge is 0.306 e. The van der Waals surface area contributed by atoms with Crippen LogP contribution in [0.15, 0.2) is 23.3 Å². The van der Waals surface area contributed by atoms with E-state index in [0.717, 1.165) is 25.7 Å². The van der Waals surface area contributed by atoms with Gasteiger partial charge in [0.05, 0.1) is 12.2 Å². The number of aliphatic hydroxyl groups is 3. The van der Waals surface area contributed by atoms with E-state index in [1.165, 1.54) is 0 Å². The molecule has 0 heterocycles. The molecular weight excluding hydrogens is 512 g/mol. The standard InChI is InChI=1S/C32H48O8/c1-7-9-11-13-24(34)39-28-20(4)31(38)22(16-21(18-33)17-30(37)23(31)15-19(3)27(30)36)26-29(5,6)32(26,28)40-25(35)14-12-10-8-2/h15-16,20,22-23,26,28,33,37-38H,7-14,17-18H2,1-6H3/t20-,22+,23-,26-,28-,30-,31-,32-/m1/s1. The lowest BCUT2D eigenvalue weighted by molar-refractivity contribution is -0.229. The zero-order valence-electron chi connectivity index (χ0n) is 25.0. The zero-order chi connectivity index (χ0) is 29.7. The Morgan fingerprint density at radius 2 is 1.60 bits per heavy atom. The summed E-state index contributed by atoms with van der Waals surface area (Å²) in [6.45, 7) is 11.0. The van der Waals surface area contributed by atoms with Gasteiger partial charge in [0.15, 0.2) is 11.4 Å². The quantitative estimate of drug-likeness (QED) is 0.195. The van der Waals surface area contributed by atoms with E-state index < -0.39 is 63.7 Å². The third-order valence-corrected chi connectivity index (χ3v) is 10.5. The Labute approximate surface area is 238 Å². The van der Waals surface area contributed by atoms with Crippen LogP contribution >= 0.6 is 0 Å². The normalized spacial score (nSPS) is 39.2. The molecule has 8 heteroatoms. The van der Waals surface area contributed by atoms with Crippen LogP contribution in [-0.4, -0.2) is 62.6 Å². The van der Waals surface area contributed by atoms with Gasteiger partial charge in [0, 0.05) is 48.3 Å². The van der Waals surface area contributed by atoms with Crippen molar-refractivity contribution >= 4 is 17.7 Å². The van der Waals surface area contributed by atoms with E-state index in [0.29, 0.717) is 24.0 Å². The molecule has 0 amide bonds. The fraction of sp³-hybridized carbons (Fsp3) is 0.781. The molecule has 0 spiro atoms. The topological polar surface area (TPSA) is 130 Å². The van der Waals surface area contributed by atoms with Crippen molar-refractivity contribution in [3.05, 3.63) is 23.3 Å². The molecule has 0 radical (unpaired) electrons. The summed E-state index contributed by atoms with van der Waals surface area (Å²) in [6, 6.07) is 0. The highest BCUT2D eigenvalue weighted by molar-refractivity contribution is 6.04. The van der Waals surface area contributed by atoms with E-state index >= 15 is 0 Å². The number of Topliss-reactive ketones (excluding diaryl/α,β-unsaturated/α-hetero) is 1. The Kier molecular flexibility index (Phi) is 8.50. The summed E-state index contributed by atoms with van der Waals surface area (Å²) in [5.41, 5.74) is -4.70. The first kappa shape index (κ1) is 30.9. The molecule has 4 rings (SSSR count). The molecule has 8 nitrogen and oxygen atoms in total. The molecule has 4 aliphatic rings. The molecule has 2 saturated carbocycles. The molecule has 4 aliphatic carbocycles. The van der Waals surface area contributed by atoms with Crippen LogP contribution < -0.4 is 0 Å². The Bertz CT molecular complexity index is 1090. The predicted molar refractivity (Wildman–Crippen MR) is 149 cm³/mol. The number of carbonyl (C=O) groups is 3. The van der Waals surface area contributed by atoms with Crippen LogP contribution in [0, 0.1) is 29.1 Å². The molecule has 0 aromatic carbocycles. The van der Waals surface area contributed by atoms with Gasteiger partial charge in [-0.1, -0.05) is 72.5 Å². The van der Waals surface area contributed by atoms with Gasteiger partial charge in [-0.15, -0.1) is 0 Å². The van der Waals surface area contributed by atoms with Crippen LogP contribution in [0.1, 0.15) is 99.3 Å². The number of hydrogen-bond acceptors (Lipinski definition) is 8. The van der Waals surface area contributed by atoms with Crippen molar-refractivity contribution in [1.29, 1.82) is 0 Å². The number of ketones is 1. The molecule has 0 bridgehead atoms. The minimum atomic E-state index is -1.93. The van der Waals surface area contributed by atoms with Gasteiger partial charge in [0.2, 0.25) is 0 Å². The maximum atomic E-state index is 13.3. The van der Waals surface area contributed by atoms with Gasteiger partial charge in [0.25, 0.3) is 0 Å². The monoisotopic (exact) mass is 560 g/mol. The Morgan fingerprint density at radius 1 is 1.00 bits per heavy atom. The summed E-state index contributed by atoms with van der Waals surface area (Å²) in [7, 11) is 0. The first-order valence-electron chi connectivity index (χ1n) is 15.2. The molecule has 40 heavy (non-hydrogen) atoms. The molecule has 0 aliphatic heterocycles. The minimum Gasteiger partial charge on any atom is -0.458 e. The summed E-state index contributed by atoms with van der Waals surface area (Å²) in [6.07, 6.45) is 7.83. The maximum absolute atomic E-state index is 13.3. The maximum Gasteiger partial charge on any atom is 0.306 e. The van der Waals surface area contributed by atoms with Crippen LogP contribution in [0.5, 0.6) is 0 Å². The van der Waals surface area contributed by atoms with Crippen molar-refractivity contribution in [2.24, 2.45) is 29.1 Å². The second-order valence-electron chi connectivity index (χ2n) is 13.2. The molecule has 3 N–H and O–H groups in total. The van der Waals surface area contributed by atoms with E-state index in [1.54, 1.807) is 26.0 Å². The van der Waals surface area contributed by atoms with E-state index in [2.05, 4.69) is 6.92 Å². The fourth-order valence-corrected chi connectivity index (χ4v) is 8.30. The fourth-order valence-electron chi connectivity index (χ4n) is 8.30. The van der Waals surface area contributed by atoms with Crippen molar-refractivity contribution < 1.29 is 39.2 Å². The molecule has 0 saturated heterocycles. The van der Waals surface area contributed by atoms with Crippen LogP contribution in [0.2, 0.25) is 0 Å². The van der Waals surface area contributed by atoms with Gasteiger partial charge in [-0.2, -0.15) is 0 Å². The summed E-state index contributed by atoms with van der Waals surface area (Å²) >= 11 is 0. The predicted octanol–water partition coefficient (Wildman–Crippen LogP) is 4.19. The third kappa shape index (κ3) is 4.49. The van der Waals surface area contributed by atoms with E-state index in [1.807, 2.05) is 20.8 Å². The summed E-state index contributed by atoms with van der Waals surface area (Å²) in [4.78, 5) is 39.7. The summed E-state index contributed by atoms with van der Waals surface area (Å²) in [5, 5.41) is 34.8. The van der Waals surface area contributed by atoms with Gasteiger partial charge >= 0.3 is 11.9 Å². The van der Waals surface area contributed by atoms with Crippen LogP contribution in [0.4, 0.5) is 0 Å². The van der Waals surface area contributed by atoms with Gasteiger partial charge in [-0.3, -0.25) is 14.4 Å². The molecule has 8 atom stereocenters. The molecule has 0 aromatic heterocycles. The summed E-state index contributed by atoms with van der Waals surface area (Å²) in [5.74, 6) is -4.15. The minimum absolute atomic E-state index is 0.106. The van der Waals surface area contributed by atoms with Crippen molar-refractivity contribution in [2.45, 2.75) is 122 Å².